The molecule has 0 saturated carbocycles. The van der Waals surface area contributed by atoms with Crippen molar-refractivity contribution in [2.45, 2.75) is 6.42 Å². The molecule has 0 atom stereocenters. The summed E-state index contributed by atoms with van der Waals surface area (Å²) >= 11 is 14.2. The standard InChI is InChI=1S/C9H5Cl2I/c10-7-4-8(11)9(12)6-3-1-2-5(6)7/h2-4H,1H2. The molecule has 1 aromatic rings. The van der Waals surface area contributed by atoms with Crippen molar-refractivity contribution in [1.82, 2.24) is 0 Å². The van der Waals surface area contributed by atoms with Crippen LogP contribution in [-0.2, 0) is 0 Å². The minimum atomic E-state index is 0.742. The zero-order chi connectivity index (χ0) is 8.72. The van der Waals surface area contributed by atoms with E-state index < -0.39 is 0 Å². The molecule has 3 heteroatoms. The Morgan fingerprint density at radius 1 is 1.08 bits per heavy atom. The smallest absolute Gasteiger partial charge is 0.0560 e. The second kappa shape index (κ2) is 3.20. The number of rotatable bonds is 0. The summed E-state index contributed by atoms with van der Waals surface area (Å²) in [4.78, 5) is 0. The molecular weight excluding hydrogens is 306 g/mol. The first-order chi connectivity index (χ1) is 5.70. The molecule has 62 valence electrons. The zero-order valence-corrected chi connectivity index (χ0v) is 9.74. The first-order valence-corrected chi connectivity index (χ1v) is 5.37. The first kappa shape index (κ1) is 8.85. The topological polar surface area (TPSA) is 0 Å². The number of hydrogen-bond donors (Lipinski definition) is 0. The molecule has 0 heterocycles. The molecule has 12 heavy (non-hydrogen) atoms. The van der Waals surface area contributed by atoms with Gasteiger partial charge in [0.2, 0.25) is 0 Å². The second-order valence-corrected chi connectivity index (χ2v) is 4.52. The van der Waals surface area contributed by atoms with Crippen LogP contribution in [0.5, 0.6) is 0 Å². The molecule has 0 aromatic heterocycles. The number of hydrogen-bond acceptors (Lipinski definition) is 0. The highest BCUT2D eigenvalue weighted by Crippen LogP contribution is 2.17. The van der Waals surface area contributed by atoms with Crippen LogP contribution in [0.1, 0.15) is 6.42 Å². The quantitative estimate of drug-likeness (QED) is 0.510. The highest BCUT2D eigenvalue weighted by atomic mass is 127. The van der Waals surface area contributed by atoms with Crippen LogP contribution in [0, 0.1) is 3.57 Å². The van der Waals surface area contributed by atoms with Crippen molar-refractivity contribution in [3.8, 4) is 0 Å². The predicted molar refractivity (Wildman–Crippen MR) is 62.0 cm³/mol. The molecule has 0 fully saturated rings. The molecule has 1 aromatic carbocycles. The molecule has 1 aliphatic rings. The fourth-order valence-corrected chi connectivity index (χ4v) is 2.55. The fraction of sp³-hybridized carbons (Fsp3) is 0.111. The summed E-state index contributed by atoms with van der Waals surface area (Å²) in [6.45, 7) is 0. The average molecular weight is 311 g/mol. The first-order valence-electron chi connectivity index (χ1n) is 3.54. The zero-order valence-electron chi connectivity index (χ0n) is 6.07. The van der Waals surface area contributed by atoms with Crippen LogP contribution < -0.4 is 10.4 Å². The molecule has 0 N–H and O–H groups in total. The van der Waals surface area contributed by atoms with Crippen LogP contribution in [0.3, 0.4) is 0 Å². The van der Waals surface area contributed by atoms with Gasteiger partial charge in [-0.2, -0.15) is 0 Å². The van der Waals surface area contributed by atoms with Gasteiger partial charge < -0.3 is 0 Å². The van der Waals surface area contributed by atoms with E-state index >= 15 is 0 Å². The van der Waals surface area contributed by atoms with E-state index in [-0.39, 0.29) is 0 Å². The maximum absolute atomic E-state index is 6.01. The molecule has 0 unspecified atom stereocenters. The van der Waals surface area contributed by atoms with Gasteiger partial charge in [-0.05, 0) is 45.5 Å². The van der Waals surface area contributed by atoms with E-state index in [1.807, 2.05) is 0 Å². The molecule has 0 nitrogen and oxygen atoms in total. The minimum Gasteiger partial charge on any atom is -0.0836 e. The lowest BCUT2D eigenvalue weighted by molar-refractivity contribution is 1.49. The van der Waals surface area contributed by atoms with Crippen molar-refractivity contribution in [1.29, 1.82) is 0 Å². The molecule has 0 spiro atoms. The molecule has 0 aliphatic heterocycles. The maximum atomic E-state index is 6.01. The van der Waals surface area contributed by atoms with Gasteiger partial charge >= 0.3 is 0 Å². The number of fused-ring (bicyclic) bond motifs is 1. The van der Waals surface area contributed by atoms with Crippen molar-refractivity contribution >= 4 is 57.9 Å². The average Bonchev–Trinajstić information content (AvgIpc) is 2.48. The Balaban J connectivity index is 2.99. The Morgan fingerprint density at radius 2 is 1.75 bits per heavy atom. The van der Waals surface area contributed by atoms with Crippen molar-refractivity contribution in [2.75, 3.05) is 0 Å². The Hall–Kier alpha value is 0.270. The van der Waals surface area contributed by atoms with Crippen molar-refractivity contribution in [3.63, 3.8) is 0 Å². The Kier molecular flexibility index (Phi) is 2.36. The lowest BCUT2D eigenvalue weighted by atomic mass is 10.3. The summed E-state index contributed by atoms with van der Waals surface area (Å²) in [7, 11) is 0. The number of halogens is 3. The molecule has 0 bridgehead atoms. The minimum absolute atomic E-state index is 0.742. The van der Waals surface area contributed by atoms with Gasteiger partial charge in [0.1, 0.15) is 0 Å². The molecular formula is C9H5Cl2I. The van der Waals surface area contributed by atoms with E-state index in [1.54, 1.807) is 6.07 Å². The van der Waals surface area contributed by atoms with Gasteiger partial charge in [-0.3, -0.25) is 0 Å². The van der Waals surface area contributed by atoms with Gasteiger partial charge in [0, 0.05) is 8.59 Å². The summed E-state index contributed by atoms with van der Waals surface area (Å²) < 4.78 is 1.10. The summed E-state index contributed by atoms with van der Waals surface area (Å²) in [5.41, 5.74) is 0. The van der Waals surface area contributed by atoms with E-state index in [0.717, 1.165) is 25.3 Å². The lowest BCUT2D eigenvalue weighted by Crippen LogP contribution is -2.25. The van der Waals surface area contributed by atoms with Gasteiger partial charge in [-0.25, -0.2) is 0 Å². The molecule has 0 amide bonds. The summed E-state index contributed by atoms with van der Waals surface area (Å²) in [6, 6.07) is 1.80. The largest absolute Gasteiger partial charge is 0.0836 e. The van der Waals surface area contributed by atoms with E-state index in [4.69, 9.17) is 23.2 Å². The van der Waals surface area contributed by atoms with Gasteiger partial charge in [-0.1, -0.05) is 35.4 Å². The van der Waals surface area contributed by atoms with Gasteiger partial charge in [-0.15, -0.1) is 0 Å². The van der Waals surface area contributed by atoms with Crippen molar-refractivity contribution in [2.24, 2.45) is 0 Å². The summed E-state index contributed by atoms with van der Waals surface area (Å²) in [5, 5.41) is 3.81. The highest BCUT2D eigenvalue weighted by molar-refractivity contribution is 14.1. The molecule has 0 radical (unpaired) electrons. The molecule has 2 rings (SSSR count). The Labute approximate surface area is 94.0 Å². The van der Waals surface area contributed by atoms with Crippen molar-refractivity contribution < 1.29 is 0 Å². The Bertz CT molecular complexity index is 449. The van der Waals surface area contributed by atoms with Gasteiger partial charge in [0.05, 0.1) is 5.02 Å². The maximum Gasteiger partial charge on any atom is 0.0560 e. The van der Waals surface area contributed by atoms with E-state index in [0.29, 0.717) is 0 Å². The highest BCUT2D eigenvalue weighted by Gasteiger charge is 2.06. The monoisotopic (exact) mass is 310 g/mol. The third-order valence-corrected chi connectivity index (χ3v) is 3.98. The van der Waals surface area contributed by atoms with E-state index in [1.165, 1.54) is 5.22 Å². The second-order valence-electron chi connectivity index (χ2n) is 2.63. The van der Waals surface area contributed by atoms with Gasteiger partial charge in [0.25, 0.3) is 0 Å². The van der Waals surface area contributed by atoms with Crippen LogP contribution in [-0.4, -0.2) is 0 Å². The molecule has 0 saturated heterocycles. The van der Waals surface area contributed by atoms with Gasteiger partial charge in [0.15, 0.2) is 0 Å². The van der Waals surface area contributed by atoms with Crippen LogP contribution >= 0.6 is 45.8 Å². The fourth-order valence-electron chi connectivity index (χ4n) is 1.33. The van der Waals surface area contributed by atoms with Crippen molar-refractivity contribution in [3.05, 3.63) is 30.1 Å². The summed E-state index contributed by atoms with van der Waals surface area (Å²) in [5.74, 6) is 0. The van der Waals surface area contributed by atoms with E-state index in [9.17, 15) is 0 Å². The van der Waals surface area contributed by atoms with Crippen LogP contribution in [0.2, 0.25) is 10.0 Å². The normalized spacial score (nSPS) is 13.6. The SMILES string of the molecule is Clc1cc(Cl)c2c(c1I)=CCC=2. The number of benzene rings is 1. The third kappa shape index (κ3) is 1.28. The van der Waals surface area contributed by atoms with Crippen LogP contribution in [0.25, 0.3) is 12.2 Å². The van der Waals surface area contributed by atoms with E-state index in [2.05, 4.69) is 34.7 Å². The van der Waals surface area contributed by atoms with Crippen LogP contribution in [0.15, 0.2) is 6.07 Å². The predicted octanol–water partition coefficient (Wildman–Crippen LogP) is 2.56. The Morgan fingerprint density at radius 3 is 2.50 bits per heavy atom. The van der Waals surface area contributed by atoms with Crippen LogP contribution in [0.4, 0.5) is 0 Å². The lowest BCUT2D eigenvalue weighted by Gasteiger charge is -1.97. The summed E-state index contributed by atoms with van der Waals surface area (Å²) in [6.07, 6.45) is 5.23. The third-order valence-electron chi connectivity index (χ3n) is 1.89. The molecule has 1 aliphatic carbocycles.